The van der Waals surface area contributed by atoms with Gasteiger partial charge in [0, 0.05) is 130 Å². The number of halogens is 1. The van der Waals surface area contributed by atoms with Crippen molar-refractivity contribution in [2.45, 2.75) is 0 Å². The summed E-state index contributed by atoms with van der Waals surface area (Å²) < 4.78 is 8.91. The maximum Gasteiger partial charge on any atom is 0.129 e. The molecule has 0 aliphatic rings. The molecule has 0 unspecified atom stereocenters. The monoisotopic (exact) mass is 320 g/mol. The van der Waals surface area contributed by atoms with Crippen molar-refractivity contribution >= 4 is 137 Å². The van der Waals surface area contributed by atoms with E-state index in [1.807, 2.05) is 0 Å². The highest BCUT2D eigenvalue weighted by atomic mass is 127. The highest BCUT2D eigenvalue weighted by Crippen LogP contribution is 2.02. The molecule has 0 bridgehead atoms. The summed E-state index contributed by atoms with van der Waals surface area (Å²) in [6.45, 7) is -0.643. The van der Waals surface area contributed by atoms with Gasteiger partial charge >= 0.3 is 0 Å². The van der Waals surface area contributed by atoms with Crippen LogP contribution in [0.5, 0.6) is 0 Å². The van der Waals surface area contributed by atoms with Crippen LogP contribution in [-0.2, 0) is 0 Å². The molecule has 18 heavy (non-hydrogen) atoms. The third kappa shape index (κ3) is 5.61. The van der Waals surface area contributed by atoms with Gasteiger partial charge in [0.25, 0.3) is 0 Å². The van der Waals surface area contributed by atoms with Crippen molar-refractivity contribution < 1.29 is 1.41 Å². The maximum atomic E-state index is 7.82. The lowest BCUT2D eigenvalue weighted by Crippen LogP contribution is -2.77. The molecule has 18 heteroatoms. The maximum absolute atomic E-state index is 7.82. The Labute approximate surface area is 141 Å². The Morgan fingerprint density at radius 1 is 0.889 bits per heavy atom. The Kier molecular flexibility index (Phi) is 9.51. The first-order valence-electron chi connectivity index (χ1n) is 5.87. The highest BCUT2D eigenvalue weighted by Gasteiger charge is 2.42. The molecule has 0 rings (SSSR count). The van der Waals surface area contributed by atoms with Gasteiger partial charge in [0.2, 0.25) is 0 Å². The van der Waals surface area contributed by atoms with Crippen molar-refractivity contribution in [1.82, 2.24) is 3.43 Å². The molecule has 0 amide bonds. The van der Waals surface area contributed by atoms with Crippen LogP contribution in [0.1, 0.15) is 0 Å². The Morgan fingerprint density at radius 2 is 1.28 bits per heavy atom. The second-order valence-electron chi connectivity index (χ2n) is 4.24. The number of rotatable bonds is 8. The summed E-state index contributed by atoms with van der Waals surface area (Å²) in [5.41, 5.74) is 0. The summed E-state index contributed by atoms with van der Waals surface area (Å²) in [4.78, 5) is 0. The van der Waals surface area contributed by atoms with Gasteiger partial charge in [-0.2, -0.15) is 0 Å². The fraction of sp³-hybridized carbons (Fsp3) is 0. The zero-order chi connectivity index (χ0) is 15.3. The van der Waals surface area contributed by atoms with Gasteiger partial charge in [-0.15, -0.1) is 0 Å². The SMILES string of the molecule is [3H]N(I)B(B(B([B])[B])B([B])[B])B(B([B])[B])B([B])[B][B]. The molecule has 0 aliphatic carbocycles. The van der Waals surface area contributed by atoms with Gasteiger partial charge in [-0.05, 0) is 0 Å². The van der Waals surface area contributed by atoms with Gasteiger partial charge in [0.15, 0.2) is 0 Å². The Morgan fingerprint density at radius 3 is 1.50 bits per heavy atom. The van der Waals surface area contributed by atoms with E-state index in [0.29, 0.717) is 0 Å². The molecule has 0 spiro atoms. The quantitative estimate of drug-likeness (QED) is 0.267. The molecule has 0 aliphatic heterocycles. The van der Waals surface area contributed by atoms with E-state index in [2.05, 4.69) is 0 Å². The van der Waals surface area contributed by atoms with Crippen molar-refractivity contribution in [3.05, 3.63) is 0 Å². The van der Waals surface area contributed by atoms with Gasteiger partial charge in [-0.25, -0.2) is 0 Å². The first-order chi connectivity index (χ1) is 8.64. The fourth-order valence-corrected chi connectivity index (χ4v) is 2.68. The predicted molar refractivity (Wildman–Crippen MR) is 109 cm³/mol. The molecular weight excluding hydrogens is 314 g/mol. The summed E-state index contributed by atoms with van der Waals surface area (Å²) in [5.74, 6) is 0. The van der Waals surface area contributed by atoms with E-state index in [1.165, 1.54) is 7.06 Å². The van der Waals surface area contributed by atoms with Crippen LogP contribution < -0.4 is 3.43 Å². The van der Waals surface area contributed by atoms with E-state index in [-0.39, 0.29) is 0 Å². The third-order valence-corrected chi connectivity index (χ3v) is 3.54. The van der Waals surface area contributed by atoms with Crippen molar-refractivity contribution in [3.8, 4) is 0 Å². The Hall–Kier alpha value is 1.73. The molecule has 0 atom stereocenters. The van der Waals surface area contributed by atoms with Crippen molar-refractivity contribution in [3.63, 3.8) is 0 Å². The molecule has 17 radical (unpaired) electrons. The molecule has 1 nitrogen and oxygen atoms in total. The lowest BCUT2D eigenvalue weighted by molar-refractivity contribution is 1.79. The topological polar surface area (TPSA) is 12.0 Å². The number of hydrogen-bond acceptors (Lipinski definition) is 1. The van der Waals surface area contributed by atoms with Crippen LogP contribution in [0.4, 0.5) is 0 Å². The Balaban J connectivity index is 5.46. The van der Waals surface area contributed by atoms with Gasteiger partial charge in [0.1, 0.15) is 8.04 Å². The van der Waals surface area contributed by atoms with Gasteiger partial charge in [-0.3, -0.25) is 0 Å². The van der Waals surface area contributed by atoms with Gasteiger partial charge in [-0.1, -0.05) is 0 Å². The summed E-state index contributed by atoms with van der Waals surface area (Å²) in [6.07, 6.45) is -4.37. The molecule has 0 saturated carbocycles. The van der Waals surface area contributed by atoms with Crippen LogP contribution in [0.15, 0.2) is 0 Å². The first-order valence-corrected chi connectivity index (χ1v) is 6.39. The zero-order valence-corrected chi connectivity index (χ0v) is 12.2. The van der Waals surface area contributed by atoms with Crippen molar-refractivity contribution in [1.29, 1.82) is 0 Å². The summed E-state index contributed by atoms with van der Waals surface area (Å²) >= 11 is 1.74. The minimum absolute atomic E-state index is 0.575. The molecule has 0 heterocycles. The van der Waals surface area contributed by atoms with E-state index < -0.39 is 44.9 Å². The van der Waals surface area contributed by atoms with Crippen LogP contribution in [-0.4, -0.2) is 114 Å². The highest BCUT2D eigenvalue weighted by molar-refractivity contribution is 14.1. The molecule has 0 aromatic rings. The molecule has 0 saturated heterocycles. The Bertz CT molecular complexity index is 233. The zero-order valence-electron chi connectivity index (χ0n) is 11.1. The predicted octanol–water partition coefficient (Wildman–Crippen LogP) is -5.70. The molecule has 61 valence electrons. The summed E-state index contributed by atoms with van der Waals surface area (Å²) in [7, 11) is 46.8. The normalized spacial score (nSPS) is 10.2. The van der Waals surface area contributed by atoms with Crippen LogP contribution in [0.3, 0.4) is 0 Å². The molecule has 0 fully saturated rings. The van der Waals surface area contributed by atoms with Crippen LogP contribution in [0.2, 0.25) is 1.41 Å². The average molecular weight is 317 g/mol. The van der Waals surface area contributed by atoms with Gasteiger partial charge in [0.05, 0.1) is 0 Å². The lowest BCUT2D eigenvalue weighted by Gasteiger charge is -2.37. The molecule has 1 N–H and O–H groups in total. The largest absolute Gasteiger partial charge is 0.319 e. The first kappa shape index (κ1) is 17.8. The minimum Gasteiger partial charge on any atom is -0.319 e. The molecule has 0 aromatic heterocycles. The van der Waals surface area contributed by atoms with E-state index >= 15 is 0 Å². The molecular formula is HB16IN. The van der Waals surface area contributed by atoms with E-state index in [4.69, 9.17) is 63.3 Å². The van der Waals surface area contributed by atoms with Crippen molar-refractivity contribution in [2.24, 2.45) is 0 Å². The third-order valence-electron chi connectivity index (χ3n) is 2.90. The van der Waals surface area contributed by atoms with Crippen molar-refractivity contribution in [2.75, 3.05) is 0 Å². The second-order valence-corrected chi connectivity index (χ2v) is 4.80. The fourth-order valence-electron chi connectivity index (χ4n) is 1.94. The van der Waals surface area contributed by atoms with Crippen LogP contribution in [0.25, 0.3) is 0 Å². The second kappa shape index (κ2) is 9.63. The van der Waals surface area contributed by atoms with E-state index in [1.54, 1.807) is 22.9 Å². The van der Waals surface area contributed by atoms with E-state index in [0.717, 1.165) is 3.43 Å². The molecule has 0 aromatic carbocycles. The van der Waals surface area contributed by atoms with E-state index in [9.17, 15) is 0 Å². The minimum atomic E-state index is -0.848. The summed E-state index contributed by atoms with van der Waals surface area (Å²) in [5, 5.41) is 0. The number of nitrogens with one attached hydrogen (secondary N) is 1. The standard InChI is InChI=1S/B16HIN/c1-9-13(8)15(12(6)7)16(18-17)14(10(2)3)11(4)5/h18H/i/hT. The summed E-state index contributed by atoms with van der Waals surface area (Å²) in [6, 6.07) is 0. The van der Waals surface area contributed by atoms with Gasteiger partial charge < -0.3 is 3.43 Å². The van der Waals surface area contributed by atoms with Crippen LogP contribution in [0, 0.1) is 0 Å². The average Bonchev–Trinajstić information content (AvgIpc) is 2.25. The smallest absolute Gasteiger partial charge is 0.129 e. The lowest BCUT2D eigenvalue weighted by atomic mass is 8.49. The number of hydrogen-bond donors (Lipinski definition) is 1. The van der Waals surface area contributed by atoms with Crippen LogP contribution >= 0.6 is 22.9 Å².